The monoisotopic (exact) mass is 262 g/mol. The van der Waals surface area contributed by atoms with Crippen molar-refractivity contribution >= 4 is 0 Å². The molecule has 0 aliphatic rings. The summed E-state index contributed by atoms with van der Waals surface area (Å²) in [6.45, 7) is 14.5. The summed E-state index contributed by atoms with van der Waals surface area (Å²) < 4.78 is 5.85. The van der Waals surface area contributed by atoms with E-state index in [1.165, 1.54) is 18.4 Å². The molecule has 0 saturated carbocycles. The second kappa shape index (κ2) is 6.98. The van der Waals surface area contributed by atoms with Crippen molar-refractivity contribution in [3.8, 4) is 5.75 Å². The Morgan fingerprint density at radius 1 is 1.05 bits per heavy atom. The minimum Gasteiger partial charge on any atom is -0.494 e. The third-order valence-corrected chi connectivity index (χ3v) is 4.59. The Kier molecular flexibility index (Phi) is 5.90. The lowest BCUT2D eigenvalue weighted by molar-refractivity contribution is 0.182. The summed E-state index contributed by atoms with van der Waals surface area (Å²) in [5, 5.41) is 0. The van der Waals surface area contributed by atoms with Gasteiger partial charge in [-0.05, 0) is 35.8 Å². The van der Waals surface area contributed by atoms with E-state index in [1.807, 2.05) is 0 Å². The highest BCUT2D eigenvalue weighted by molar-refractivity contribution is 5.38. The molecule has 1 atom stereocenters. The SMILES string of the molecule is CCOc1ccccc1C(C(C)C)C(C)(CC)CC. The molecule has 1 heteroatoms. The normalized spacial score (nSPS) is 13.6. The highest BCUT2D eigenvalue weighted by Crippen LogP contribution is 2.48. The van der Waals surface area contributed by atoms with Crippen molar-refractivity contribution in [2.45, 2.75) is 60.3 Å². The third-order valence-electron chi connectivity index (χ3n) is 4.59. The molecule has 0 aromatic heterocycles. The molecular formula is C18H30O. The minimum atomic E-state index is 0.335. The van der Waals surface area contributed by atoms with Gasteiger partial charge in [-0.15, -0.1) is 0 Å². The number of para-hydroxylation sites is 1. The summed E-state index contributed by atoms with van der Waals surface area (Å²) >= 11 is 0. The van der Waals surface area contributed by atoms with E-state index in [1.54, 1.807) is 0 Å². The van der Waals surface area contributed by atoms with Crippen LogP contribution in [0, 0.1) is 11.3 Å². The number of ether oxygens (including phenoxy) is 1. The zero-order valence-corrected chi connectivity index (χ0v) is 13.5. The van der Waals surface area contributed by atoms with Crippen molar-refractivity contribution in [3.05, 3.63) is 29.8 Å². The number of benzene rings is 1. The van der Waals surface area contributed by atoms with E-state index in [0.717, 1.165) is 12.4 Å². The van der Waals surface area contributed by atoms with Crippen molar-refractivity contribution in [2.75, 3.05) is 6.61 Å². The second-order valence-electron chi connectivity index (χ2n) is 6.05. The predicted molar refractivity (Wildman–Crippen MR) is 83.9 cm³/mol. The zero-order chi connectivity index (χ0) is 14.5. The van der Waals surface area contributed by atoms with Crippen LogP contribution in [0.4, 0.5) is 0 Å². The van der Waals surface area contributed by atoms with Gasteiger partial charge in [-0.3, -0.25) is 0 Å². The molecular weight excluding hydrogens is 232 g/mol. The Labute approximate surface area is 119 Å². The van der Waals surface area contributed by atoms with Crippen LogP contribution in [0.3, 0.4) is 0 Å². The Hall–Kier alpha value is -0.980. The summed E-state index contributed by atoms with van der Waals surface area (Å²) in [7, 11) is 0. The topological polar surface area (TPSA) is 9.23 Å². The summed E-state index contributed by atoms with van der Waals surface area (Å²) in [6, 6.07) is 8.57. The molecule has 0 saturated heterocycles. The molecule has 1 aromatic carbocycles. The van der Waals surface area contributed by atoms with Gasteiger partial charge in [-0.2, -0.15) is 0 Å². The lowest BCUT2D eigenvalue weighted by Gasteiger charge is -2.40. The van der Waals surface area contributed by atoms with Crippen LogP contribution in [0.5, 0.6) is 5.75 Å². The summed E-state index contributed by atoms with van der Waals surface area (Å²) in [6.07, 6.45) is 2.40. The van der Waals surface area contributed by atoms with Crippen LogP contribution in [-0.4, -0.2) is 6.61 Å². The standard InChI is InChI=1S/C18H30O/c1-7-18(6,8-2)17(14(4)5)15-12-10-11-13-16(15)19-9-3/h10-14,17H,7-9H2,1-6H3. The van der Waals surface area contributed by atoms with Crippen molar-refractivity contribution in [3.63, 3.8) is 0 Å². The average Bonchev–Trinajstić information content (AvgIpc) is 2.40. The molecule has 108 valence electrons. The Bertz CT molecular complexity index is 377. The molecule has 0 N–H and O–H groups in total. The number of rotatable bonds is 7. The fraction of sp³-hybridized carbons (Fsp3) is 0.667. The Morgan fingerprint density at radius 2 is 1.63 bits per heavy atom. The van der Waals surface area contributed by atoms with Crippen molar-refractivity contribution in [2.24, 2.45) is 11.3 Å². The van der Waals surface area contributed by atoms with E-state index < -0.39 is 0 Å². The molecule has 0 spiro atoms. The lowest BCUT2D eigenvalue weighted by Crippen LogP contribution is -2.28. The maximum Gasteiger partial charge on any atom is 0.122 e. The first-order chi connectivity index (χ1) is 9.00. The van der Waals surface area contributed by atoms with Crippen LogP contribution in [0.15, 0.2) is 24.3 Å². The zero-order valence-electron chi connectivity index (χ0n) is 13.5. The average molecular weight is 262 g/mol. The van der Waals surface area contributed by atoms with E-state index in [-0.39, 0.29) is 0 Å². The molecule has 0 heterocycles. The van der Waals surface area contributed by atoms with Gasteiger partial charge >= 0.3 is 0 Å². The predicted octanol–water partition coefficient (Wildman–Crippen LogP) is 5.65. The third kappa shape index (κ3) is 3.52. The van der Waals surface area contributed by atoms with Crippen LogP contribution in [0.25, 0.3) is 0 Å². The van der Waals surface area contributed by atoms with Gasteiger partial charge in [0.05, 0.1) is 6.61 Å². The first-order valence-corrected chi connectivity index (χ1v) is 7.71. The van der Waals surface area contributed by atoms with Crippen molar-refractivity contribution in [1.82, 2.24) is 0 Å². The molecule has 19 heavy (non-hydrogen) atoms. The Morgan fingerprint density at radius 3 is 2.11 bits per heavy atom. The van der Waals surface area contributed by atoms with Gasteiger partial charge in [-0.1, -0.05) is 65.7 Å². The molecule has 1 rings (SSSR count). The minimum absolute atomic E-state index is 0.335. The fourth-order valence-electron chi connectivity index (χ4n) is 3.25. The van der Waals surface area contributed by atoms with Crippen molar-refractivity contribution < 1.29 is 4.74 Å². The summed E-state index contributed by atoms with van der Waals surface area (Å²) in [5.74, 6) is 2.23. The smallest absolute Gasteiger partial charge is 0.122 e. The molecule has 0 bridgehead atoms. The molecule has 0 aliphatic heterocycles. The van der Waals surface area contributed by atoms with E-state index in [2.05, 4.69) is 65.8 Å². The molecule has 1 nitrogen and oxygen atoms in total. The molecule has 0 aliphatic carbocycles. The summed E-state index contributed by atoms with van der Waals surface area (Å²) in [4.78, 5) is 0. The van der Waals surface area contributed by atoms with Gasteiger partial charge in [0.2, 0.25) is 0 Å². The highest BCUT2D eigenvalue weighted by atomic mass is 16.5. The van der Waals surface area contributed by atoms with E-state index >= 15 is 0 Å². The van der Waals surface area contributed by atoms with Crippen LogP contribution in [-0.2, 0) is 0 Å². The molecule has 1 unspecified atom stereocenters. The van der Waals surface area contributed by atoms with Gasteiger partial charge in [-0.25, -0.2) is 0 Å². The fourth-order valence-corrected chi connectivity index (χ4v) is 3.25. The van der Waals surface area contributed by atoms with Gasteiger partial charge in [0, 0.05) is 0 Å². The van der Waals surface area contributed by atoms with E-state index in [9.17, 15) is 0 Å². The van der Waals surface area contributed by atoms with Crippen LogP contribution in [0.1, 0.15) is 65.9 Å². The highest BCUT2D eigenvalue weighted by Gasteiger charge is 2.35. The number of hydrogen-bond donors (Lipinski definition) is 0. The van der Waals surface area contributed by atoms with Gasteiger partial charge in [0.25, 0.3) is 0 Å². The molecule has 0 radical (unpaired) electrons. The first kappa shape index (κ1) is 16.1. The number of hydrogen-bond acceptors (Lipinski definition) is 1. The largest absolute Gasteiger partial charge is 0.494 e. The van der Waals surface area contributed by atoms with Crippen LogP contribution >= 0.6 is 0 Å². The van der Waals surface area contributed by atoms with Crippen LogP contribution in [0.2, 0.25) is 0 Å². The van der Waals surface area contributed by atoms with Gasteiger partial charge < -0.3 is 4.74 Å². The van der Waals surface area contributed by atoms with E-state index in [4.69, 9.17) is 4.74 Å². The quantitative estimate of drug-likeness (QED) is 0.617. The molecule has 0 amide bonds. The first-order valence-electron chi connectivity index (χ1n) is 7.71. The Balaban J connectivity index is 3.27. The maximum atomic E-state index is 5.85. The molecule has 1 aromatic rings. The maximum absolute atomic E-state index is 5.85. The molecule has 0 fully saturated rings. The summed E-state index contributed by atoms with van der Waals surface area (Å²) in [5.41, 5.74) is 1.71. The van der Waals surface area contributed by atoms with Gasteiger partial charge in [0.1, 0.15) is 5.75 Å². The van der Waals surface area contributed by atoms with Crippen LogP contribution < -0.4 is 4.74 Å². The second-order valence-corrected chi connectivity index (χ2v) is 6.05. The van der Waals surface area contributed by atoms with Gasteiger partial charge in [0.15, 0.2) is 0 Å². The van der Waals surface area contributed by atoms with E-state index in [0.29, 0.717) is 17.3 Å². The lowest BCUT2D eigenvalue weighted by atomic mass is 9.65. The van der Waals surface area contributed by atoms with Crippen molar-refractivity contribution in [1.29, 1.82) is 0 Å².